The van der Waals surface area contributed by atoms with Crippen LogP contribution in [0.25, 0.3) is 0 Å². The Bertz CT molecular complexity index is 545. The highest BCUT2D eigenvalue weighted by molar-refractivity contribution is 9.10. The Morgan fingerprint density at radius 1 is 1.18 bits per heavy atom. The molecule has 2 aromatic rings. The van der Waals surface area contributed by atoms with Crippen molar-refractivity contribution < 1.29 is 9.18 Å². The van der Waals surface area contributed by atoms with E-state index in [2.05, 4.69) is 31.9 Å². The van der Waals surface area contributed by atoms with Crippen LogP contribution in [-0.4, -0.2) is 5.78 Å². The van der Waals surface area contributed by atoms with Crippen molar-refractivity contribution in [3.8, 4) is 0 Å². The first kappa shape index (κ1) is 12.9. The summed E-state index contributed by atoms with van der Waals surface area (Å²) in [6.07, 6.45) is 0.298. The summed E-state index contributed by atoms with van der Waals surface area (Å²) in [4.78, 5) is 12.9. The number of hydrogen-bond acceptors (Lipinski definition) is 2. The highest BCUT2D eigenvalue weighted by Crippen LogP contribution is 2.22. The maximum Gasteiger partial charge on any atom is 0.168 e. The molecule has 0 fully saturated rings. The van der Waals surface area contributed by atoms with Crippen LogP contribution in [-0.2, 0) is 6.42 Å². The van der Waals surface area contributed by atoms with E-state index in [4.69, 9.17) is 0 Å². The van der Waals surface area contributed by atoms with Crippen molar-refractivity contribution in [2.45, 2.75) is 6.42 Å². The molecule has 1 aromatic heterocycles. The molecular formula is C12H7Br2FOS. The van der Waals surface area contributed by atoms with Crippen LogP contribution in [0.5, 0.6) is 0 Å². The maximum atomic E-state index is 13.1. The molecule has 1 nitrogen and oxygen atoms in total. The van der Waals surface area contributed by atoms with Gasteiger partial charge in [-0.3, -0.25) is 4.79 Å². The zero-order valence-electron chi connectivity index (χ0n) is 8.54. The van der Waals surface area contributed by atoms with E-state index < -0.39 is 5.82 Å². The number of rotatable bonds is 3. The van der Waals surface area contributed by atoms with Gasteiger partial charge >= 0.3 is 0 Å². The van der Waals surface area contributed by atoms with Gasteiger partial charge in [0.1, 0.15) is 5.82 Å². The number of benzene rings is 1. The van der Waals surface area contributed by atoms with E-state index in [1.807, 2.05) is 11.4 Å². The topological polar surface area (TPSA) is 17.1 Å². The van der Waals surface area contributed by atoms with Crippen molar-refractivity contribution in [1.82, 2.24) is 0 Å². The summed E-state index contributed by atoms with van der Waals surface area (Å²) in [7, 11) is 0. The molecule has 88 valence electrons. The molecule has 17 heavy (non-hydrogen) atoms. The standard InChI is InChI=1S/C12H7Br2FOS/c13-8-1-7(2-10(15)3-8)12(16)5-11-4-9(14)6-17-11/h1-4,6H,5H2. The van der Waals surface area contributed by atoms with Crippen LogP contribution in [0.2, 0.25) is 0 Å². The highest BCUT2D eigenvalue weighted by atomic mass is 79.9. The lowest BCUT2D eigenvalue weighted by molar-refractivity contribution is 0.0993. The summed E-state index contributed by atoms with van der Waals surface area (Å²) in [6.45, 7) is 0. The Labute approximate surface area is 119 Å². The van der Waals surface area contributed by atoms with Crippen molar-refractivity contribution >= 4 is 49.0 Å². The first-order chi connectivity index (χ1) is 8.04. The van der Waals surface area contributed by atoms with Crippen LogP contribution in [0.15, 0.2) is 38.6 Å². The van der Waals surface area contributed by atoms with Crippen LogP contribution in [0.3, 0.4) is 0 Å². The Balaban J connectivity index is 2.19. The third-order valence-corrected chi connectivity index (χ3v) is 4.30. The largest absolute Gasteiger partial charge is 0.294 e. The zero-order chi connectivity index (χ0) is 12.4. The van der Waals surface area contributed by atoms with Gasteiger partial charge in [-0.2, -0.15) is 0 Å². The molecule has 0 spiro atoms. The molecule has 1 heterocycles. The Morgan fingerprint density at radius 3 is 2.53 bits per heavy atom. The Hall–Kier alpha value is -0.520. The van der Waals surface area contributed by atoms with E-state index in [1.54, 1.807) is 6.07 Å². The van der Waals surface area contributed by atoms with E-state index in [0.29, 0.717) is 16.5 Å². The summed E-state index contributed by atoms with van der Waals surface area (Å²) in [5.41, 5.74) is 0.390. The van der Waals surface area contributed by atoms with Gasteiger partial charge in [-0.25, -0.2) is 4.39 Å². The number of hydrogen-bond donors (Lipinski definition) is 0. The van der Waals surface area contributed by atoms with Gasteiger partial charge in [-0.05, 0) is 40.2 Å². The predicted octanol–water partition coefficient (Wildman–Crippen LogP) is 4.84. The lowest BCUT2D eigenvalue weighted by Gasteiger charge is -2.01. The summed E-state index contributed by atoms with van der Waals surface area (Å²) >= 11 is 8.01. The van der Waals surface area contributed by atoms with Crippen molar-refractivity contribution in [2.75, 3.05) is 0 Å². The summed E-state index contributed by atoms with van der Waals surface area (Å²) in [5, 5.41) is 1.92. The first-order valence-corrected chi connectivity index (χ1v) is 7.23. The molecule has 0 N–H and O–H groups in total. The van der Waals surface area contributed by atoms with Gasteiger partial charge in [0, 0.05) is 31.2 Å². The fraction of sp³-hybridized carbons (Fsp3) is 0.0833. The molecule has 1 aromatic carbocycles. The van der Waals surface area contributed by atoms with Crippen molar-refractivity contribution in [3.05, 3.63) is 54.8 Å². The zero-order valence-corrected chi connectivity index (χ0v) is 12.5. The fourth-order valence-corrected chi connectivity index (χ4v) is 3.34. The van der Waals surface area contributed by atoms with Crippen LogP contribution < -0.4 is 0 Å². The quantitative estimate of drug-likeness (QED) is 0.699. The Kier molecular flexibility index (Phi) is 4.12. The third kappa shape index (κ3) is 3.47. The number of Topliss-reactive ketones (excluding diaryl/α,β-unsaturated/α-hetero) is 1. The second kappa shape index (κ2) is 5.42. The van der Waals surface area contributed by atoms with Crippen LogP contribution in [0.1, 0.15) is 15.2 Å². The number of ketones is 1. The molecule has 0 unspecified atom stereocenters. The smallest absolute Gasteiger partial charge is 0.168 e. The van der Waals surface area contributed by atoms with Gasteiger partial charge < -0.3 is 0 Å². The lowest BCUT2D eigenvalue weighted by atomic mass is 10.1. The average Bonchev–Trinajstić information content (AvgIpc) is 2.62. The summed E-state index contributed by atoms with van der Waals surface area (Å²) < 4.78 is 14.7. The molecule has 2 rings (SSSR count). The average molecular weight is 378 g/mol. The molecule has 0 bridgehead atoms. The van der Waals surface area contributed by atoms with E-state index in [9.17, 15) is 9.18 Å². The first-order valence-electron chi connectivity index (χ1n) is 4.77. The SMILES string of the molecule is O=C(Cc1cc(Br)cs1)c1cc(F)cc(Br)c1. The molecule has 0 saturated carbocycles. The fourth-order valence-electron chi connectivity index (χ4n) is 1.42. The number of carbonyl (C=O) groups is 1. The van der Waals surface area contributed by atoms with Gasteiger partial charge in [0.15, 0.2) is 5.78 Å². The number of carbonyl (C=O) groups excluding carboxylic acids is 1. The van der Waals surface area contributed by atoms with Gasteiger partial charge in [0.2, 0.25) is 0 Å². The number of halogens is 3. The van der Waals surface area contributed by atoms with Gasteiger partial charge in [-0.15, -0.1) is 11.3 Å². The monoisotopic (exact) mass is 376 g/mol. The minimum atomic E-state index is -0.407. The van der Waals surface area contributed by atoms with Gasteiger partial charge in [0.05, 0.1) is 0 Å². The highest BCUT2D eigenvalue weighted by Gasteiger charge is 2.10. The second-order valence-corrected chi connectivity index (χ2v) is 6.32. The van der Waals surface area contributed by atoms with Crippen molar-refractivity contribution in [1.29, 1.82) is 0 Å². The van der Waals surface area contributed by atoms with E-state index in [-0.39, 0.29) is 5.78 Å². The van der Waals surface area contributed by atoms with Crippen LogP contribution >= 0.6 is 43.2 Å². The normalized spacial score (nSPS) is 10.5. The Morgan fingerprint density at radius 2 is 1.94 bits per heavy atom. The molecule has 0 atom stereocenters. The molecule has 0 radical (unpaired) electrons. The summed E-state index contributed by atoms with van der Waals surface area (Å²) in [5.74, 6) is -0.491. The molecular weight excluding hydrogens is 371 g/mol. The lowest BCUT2D eigenvalue weighted by Crippen LogP contribution is -2.02. The van der Waals surface area contributed by atoms with Crippen molar-refractivity contribution in [2.24, 2.45) is 0 Å². The predicted molar refractivity (Wildman–Crippen MR) is 74.2 cm³/mol. The molecule has 0 amide bonds. The number of thiophene rings is 1. The molecule has 0 aliphatic heterocycles. The minimum absolute atomic E-state index is 0.0837. The molecule has 0 aliphatic carbocycles. The third-order valence-electron chi connectivity index (χ3n) is 2.14. The van der Waals surface area contributed by atoms with Gasteiger partial charge in [0.25, 0.3) is 0 Å². The van der Waals surface area contributed by atoms with Crippen molar-refractivity contribution in [3.63, 3.8) is 0 Å². The van der Waals surface area contributed by atoms with E-state index in [0.717, 1.165) is 9.35 Å². The van der Waals surface area contributed by atoms with Crippen LogP contribution in [0, 0.1) is 5.82 Å². The van der Waals surface area contributed by atoms with Crippen LogP contribution in [0.4, 0.5) is 4.39 Å². The molecule has 5 heteroatoms. The van der Waals surface area contributed by atoms with Gasteiger partial charge in [-0.1, -0.05) is 15.9 Å². The second-order valence-electron chi connectivity index (χ2n) is 3.49. The summed E-state index contributed by atoms with van der Waals surface area (Å²) in [6, 6.07) is 6.12. The van der Waals surface area contributed by atoms with E-state index in [1.165, 1.54) is 23.5 Å². The molecule has 0 saturated heterocycles. The van der Waals surface area contributed by atoms with E-state index >= 15 is 0 Å². The molecule has 0 aliphatic rings. The maximum absolute atomic E-state index is 13.1. The minimum Gasteiger partial charge on any atom is -0.294 e.